The van der Waals surface area contributed by atoms with E-state index in [2.05, 4.69) is 17.6 Å². The van der Waals surface area contributed by atoms with Crippen LogP contribution in [0.2, 0.25) is 0 Å². The highest BCUT2D eigenvalue weighted by Crippen LogP contribution is 2.16. The van der Waals surface area contributed by atoms with E-state index in [0.29, 0.717) is 6.54 Å². The number of nitrogens with one attached hydrogen (secondary N) is 2. The zero-order valence-corrected chi connectivity index (χ0v) is 9.97. The lowest BCUT2D eigenvalue weighted by Gasteiger charge is -2.30. The molecule has 4 N–H and O–H groups in total. The van der Waals surface area contributed by atoms with Crippen molar-refractivity contribution < 1.29 is 4.79 Å². The molecule has 1 aliphatic heterocycles. The van der Waals surface area contributed by atoms with Gasteiger partial charge in [0, 0.05) is 18.1 Å². The molecule has 1 rings (SSSR count). The Labute approximate surface area is 92.0 Å². The molecule has 1 heterocycles. The van der Waals surface area contributed by atoms with Crippen LogP contribution in [-0.4, -0.2) is 30.6 Å². The Kier molecular flexibility index (Phi) is 4.11. The normalized spacial score (nSPS) is 27.5. The van der Waals surface area contributed by atoms with E-state index in [9.17, 15) is 4.79 Å². The third-order valence-electron chi connectivity index (χ3n) is 2.82. The highest BCUT2D eigenvalue weighted by atomic mass is 16.1. The van der Waals surface area contributed by atoms with Crippen LogP contribution in [0.3, 0.4) is 0 Å². The summed E-state index contributed by atoms with van der Waals surface area (Å²) in [6.45, 7) is 7.45. The summed E-state index contributed by atoms with van der Waals surface area (Å²) in [6, 6.07) is 0.277. The van der Waals surface area contributed by atoms with Gasteiger partial charge in [0.2, 0.25) is 5.91 Å². The molecule has 0 radical (unpaired) electrons. The molecule has 0 spiro atoms. The van der Waals surface area contributed by atoms with Crippen LogP contribution in [0.15, 0.2) is 0 Å². The van der Waals surface area contributed by atoms with E-state index in [4.69, 9.17) is 5.73 Å². The predicted molar refractivity (Wildman–Crippen MR) is 61.5 cm³/mol. The molecule has 0 aromatic carbocycles. The van der Waals surface area contributed by atoms with E-state index in [1.54, 1.807) is 0 Å². The van der Waals surface area contributed by atoms with Gasteiger partial charge in [0.1, 0.15) is 0 Å². The number of carbonyl (C=O) groups excluding carboxylic acids is 1. The molecule has 4 heteroatoms. The van der Waals surface area contributed by atoms with E-state index < -0.39 is 0 Å². The van der Waals surface area contributed by atoms with Gasteiger partial charge in [-0.05, 0) is 40.2 Å². The summed E-state index contributed by atoms with van der Waals surface area (Å²) in [5, 5.41) is 6.24. The summed E-state index contributed by atoms with van der Waals surface area (Å²) in [7, 11) is 0. The molecule has 1 aliphatic rings. The van der Waals surface area contributed by atoms with Crippen molar-refractivity contribution in [3.8, 4) is 0 Å². The van der Waals surface area contributed by atoms with Crippen LogP contribution >= 0.6 is 0 Å². The van der Waals surface area contributed by atoms with Crippen LogP contribution in [0.5, 0.6) is 0 Å². The van der Waals surface area contributed by atoms with E-state index in [1.807, 2.05) is 13.8 Å². The molecule has 0 aromatic rings. The molecular formula is C11H23N3O. The maximum atomic E-state index is 11.8. The molecule has 4 nitrogen and oxygen atoms in total. The summed E-state index contributed by atoms with van der Waals surface area (Å²) in [4.78, 5) is 11.8. The van der Waals surface area contributed by atoms with Crippen molar-refractivity contribution in [3.05, 3.63) is 0 Å². The van der Waals surface area contributed by atoms with Crippen LogP contribution < -0.4 is 16.4 Å². The lowest BCUT2D eigenvalue weighted by molar-refractivity contribution is -0.126. The Balaban J connectivity index is 2.39. The first-order valence-corrected chi connectivity index (χ1v) is 5.70. The fourth-order valence-electron chi connectivity index (χ4n) is 1.85. The summed E-state index contributed by atoms with van der Waals surface area (Å²) >= 11 is 0. The molecule has 88 valence electrons. The first-order valence-electron chi connectivity index (χ1n) is 5.70. The Bertz CT molecular complexity index is 222. The van der Waals surface area contributed by atoms with Crippen LogP contribution in [0, 0.1) is 5.92 Å². The minimum atomic E-state index is -0.332. The SMILES string of the molecule is C[C@H]1NCCC[C@H]1C(=O)NCC(C)(C)N. The van der Waals surface area contributed by atoms with Crippen LogP contribution in [-0.2, 0) is 4.79 Å². The van der Waals surface area contributed by atoms with Crippen molar-refractivity contribution in [1.82, 2.24) is 10.6 Å². The standard InChI is InChI=1S/C11H23N3O/c1-8-9(5-4-6-13-8)10(15)14-7-11(2,3)12/h8-9,13H,4-7,12H2,1-3H3,(H,14,15)/t8-,9-/m1/s1. The number of carbonyl (C=O) groups is 1. The fraction of sp³-hybridized carbons (Fsp3) is 0.909. The number of hydrogen-bond donors (Lipinski definition) is 3. The smallest absolute Gasteiger partial charge is 0.224 e. The quantitative estimate of drug-likeness (QED) is 0.628. The van der Waals surface area contributed by atoms with Crippen LogP contribution in [0.4, 0.5) is 0 Å². The molecule has 0 aliphatic carbocycles. The van der Waals surface area contributed by atoms with Crippen LogP contribution in [0.25, 0.3) is 0 Å². The Morgan fingerprint density at radius 1 is 1.60 bits per heavy atom. The Morgan fingerprint density at radius 2 is 2.27 bits per heavy atom. The predicted octanol–water partition coefficient (Wildman–Crippen LogP) is 0.228. The molecule has 2 atom stereocenters. The van der Waals surface area contributed by atoms with E-state index >= 15 is 0 Å². The molecule has 1 saturated heterocycles. The minimum absolute atomic E-state index is 0.0982. The molecule has 0 aromatic heterocycles. The molecule has 1 fully saturated rings. The summed E-state index contributed by atoms with van der Waals surface area (Å²) in [5.74, 6) is 0.231. The van der Waals surface area contributed by atoms with Crippen LogP contribution in [0.1, 0.15) is 33.6 Å². The number of rotatable bonds is 3. The minimum Gasteiger partial charge on any atom is -0.354 e. The second-order valence-corrected chi connectivity index (χ2v) is 5.20. The van der Waals surface area contributed by atoms with Gasteiger partial charge < -0.3 is 16.4 Å². The summed E-state index contributed by atoms with van der Waals surface area (Å²) in [6.07, 6.45) is 2.06. The average Bonchev–Trinajstić information content (AvgIpc) is 2.14. The van der Waals surface area contributed by atoms with Gasteiger partial charge in [-0.3, -0.25) is 4.79 Å². The van der Waals surface area contributed by atoms with Crippen molar-refractivity contribution in [1.29, 1.82) is 0 Å². The van der Waals surface area contributed by atoms with Gasteiger partial charge >= 0.3 is 0 Å². The van der Waals surface area contributed by atoms with Gasteiger partial charge in [-0.15, -0.1) is 0 Å². The number of nitrogens with two attached hydrogens (primary N) is 1. The van der Waals surface area contributed by atoms with Crippen molar-refractivity contribution in [2.45, 2.75) is 45.2 Å². The molecule has 0 saturated carbocycles. The molecule has 15 heavy (non-hydrogen) atoms. The summed E-state index contributed by atoms with van der Waals surface area (Å²) < 4.78 is 0. The third-order valence-corrected chi connectivity index (χ3v) is 2.82. The van der Waals surface area contributed by atoms with Gasteiger partial charge in [-0.1, -0.05) is 0 Å². The van der Waals surface area contributed by atoms with Crippen molar-refractivity contribution in [3.63, 3.8) is 0 Å². The first-order chi connectivity index (χ1) is 6.90. The maximum absolute atomic E-state index is 11.8. The molecule has 1 amide bonds. The van der Waals surface area contributed by atoms with Gasteiger partial charge in [0.25, 0.3) is 0 Å². The number of hydrogen-bond acceptors (Lipinski definition) is 3. The molecule has 0 bridgehead atoms. The Hall–Kier alpha value is -0.610. The highest BCUT2D eigenvalue weighted by molar-refractivity contribution is 5.79. The van der Waals surface area contributed by atoms with Gasteiger partial charge in [0.05, 0.1) is 5.92 Å². The topological polar surface area (TPSA) is 67.2 Å². The maximum Gasteiger partial charge on any atom is 0.224 e. The van der Waals surface area contributed by atoms with Gasteiger partial charge in [-0.2, -0.15) is 0 Å². The van der Waals surface area contributed by atoms with E-state index in [0.717, 1.165) is 19.4 Å². The average molecular weight is 213 g/mol. The highest BCUT2D eigenvalue weighted by Gasteiger charge is 2.27. The zero-order chi connectivity index (χ0) is 11.5. The van der Waals surface area contributed by atoms with E-state index in [-0.39, 0.29) is 23.4 Å². The van der Waals surface area contributed by atoms with E-state index in [1.165, 1.54) is 0 Å². The zero-order valence-electron chi connectivity index (χ0n) is 9.97. The van der Waals surface area contributed by atoms with Crippen molar-refractivity contribution in [2.24, 2.45) is 11.7 Å². The first kappa shape index (κ1) is 12.5. The number of piperidine rings is 1. The second-order valence-electron chi connectivity index (χ2n) is 5.20. The number of amides is 1. The second kappa shape index (κ2) is 4.94. The lowest BCUT2D eigenvalue weighted by Crippen LogP contribution is -2.51. The summed E-state index contributed by atoms with van der Waals surface area (Å²) in [5.41, 5.74) is 5.49. The Morgan fingerprint density at radius 3 is 2.80 bits per heavy atom. The lowest BCUT2D eigenvalue weighted by atomic mass is 9.91. The monoisotopic (exact) mass is 213 g/mol. The largest absolute Gasteiger partial charge is 0.354 e. The van der Waals surface area contributed by atoms with Crippen molar-refractivity contribution >= 4 is 5.91 Å². The fourth-order valence-corrected chi connectivity index (χ4v) is 1.85. The third kappa shape index (κ3) is 4.18. The molecule has 0 unspecified atom stereocenters. The van der Waals surface area contributed by atoms with Gasteiger partial charge in [0.15, 0.2) is 0 Å². The molecular weight excluding hydrogens is 190 g/mol. The van der Waals surface area contributed by atoms with Crippen molar-refractivity contribution in [2.75, 3.05) is 13.1 Å². The van der Waals surface area contributed by atoms with Gasteiger partial charge in [-0.25, -0.2) is 0 Å².